The van der Waals surface area contributed by atoms with Crippen LogP contribution >= 0.6 is 0 Å². The molecule has 0 fully saturated rings. The van der Waals surface area contributed by atoms with Gasteiger partial charge >= 0.3 is 6.18 Å². The average Bonchev–Trinajstić information content (AvgIpc) is 2.97. The van der Waals surface area contributed by atoms with E-state index in [4.69, 9.17) is 0 Å². The Balaban J connectivity index is 1.64. The maximum Gasteiger partial charge on any atom is 0.416 e. The largest absolute Gasteiger partial charge is 0.416 e. The summed E-state index contributed by atoms with van der Waals surface area (Å²) >= 11 is 0. The smallest absolute Gasteiger partial charge is 0.311 e. The highest BCUT2D eigenvalue weighted by Gasteiger charge is 2.36. The average molecular weight is 386 g/mol. The van der Waals surface area contributed by atoms with E-state index in [1.807, 2.05) is 30.5 Å². The number of carbonyl (C=O) groups is 1. The van der Waals surface area contributed by atoms with Crippen LogP contribution in [0.15, 0.2) is 76.7 Å². The first kappa shape index (κ1) is 17.7. The van der Waals surface area contributed by atoms with Gasteiger partial charge in [0.05, 0.1) is 22.5 Å². The fourth-order valence-electron chi connectivity index (χ4n) is 3.10. The van der Waals surface area contributed by atoms with Crippen molar-refractivity contribution in [2.24, 2.45) is 0 Å². The Bertz CT molecular complexity index is 1070. The highest BCUT2D eigenvalue weighted by Crippen LogP contribution is 2.40. The molecule has 0 aromatic heterocycles. The van der Waals surface area contributed by atoms with Crippen LogP contribution < -0.4 is 5.32 Å². The summed E-state index contributed by atoms with van der Waals surface area (Å²) in [5.74, 6) is -0.317. The van der Waals surface area contributed by atoms with E-state index < -0.39 is 11.7 Å². The first-order valence-corrected chi connectivity index (χ1v) is 9.86. The lowest BCUT2D eigenvalue weighted by Crippen LogP contribution is -2.07. The Hall–Kier alpha value is -2.73. The summed E-state index contributed by atoms with van der Waals surface area (Å²) in [6.07, 6.45) is -0.897. The number of carbonyl (C=O) groups excluding carboxylic acids is 1. The van der Waals surface area contributed by atoms with E-state index in [2.05, 4.69) is 17.4 Å². The molecule has 3 aromatic rings. The molecule has 27 heavy (non-hydrogen) atoms. The van der Waals surface area contributed by atoms with Gasteiger partial charge in [0.15, 0.2) is 10.7 Å². The molecule has 0 bridgehead atoms. The molecule has 0 aliphatic carbocycles. The van der Waals surface area contributed by atoms with Crippen molar-refractivity contribution in [2.45, 2.75) is 11.1 Å². The Labute approximate surface area is 157 Å². The molecule has 0 saturated heterocycles. The third kappa shape index (κ3) is 3.21. The van der Waals surface area contributed by atoms with Gasteiger partial charge in [-0.15, -0.1) is 0 Å². The van der Waals surface area contributed by atoms with Gasteiger partial charge in [0.25, 0.3) is 0 Å². The van der Waals surface area contributed by atoms with E-state index in [1.165, 1.54) is 18.2 Å². The van der Waals surface area contributed by atoms with Gasteiger partial charge in [-0.3, -0.25) is 4.79 Å². The number of benzene rings is 3. The first-order valence-electron chi connectivity index (χ1n) is 8.22. The van der Waals surface area contributed by atoms with Crippen LogP contribution in [0.3, 0.4) is 0 Å². The Morgan fingerprint density at radius 1 is 1.00 bits per heavy atom. The number of halogens is 3. The fourth-order valence-corrected chi connectivity index (χ4v) is 4.62. The van der Waals surface area contributed by atoms with Gasteiger partial charge in [-0.05, 0) is 29.7 Å². The van der Waals surface area contributed by atoms with Gasteiger partial charge in [-0.25, -0.2) is 0 Å². The normalized spacial score (nSPS) is 17.8. The van der Waals surface area contributed by atoms with E-state index in [0.29, 0.717) is 0 Å². The summed E-state index contributed by atoms with van der Waals surface area (Å²) in [4.78, 5) is 13.7. The maximum absolute atomic E-state index is 12.7. The number of anilines is 1. The molecule has 136 valence electrons. The lowest BCUT2D eigenvalue weighted by molar-refractivity contribution is -0.137. The zero-order valence-electron chi connectivity index (χ0n) is 14.3. The van der Waals surface area contributed by atoms with Crippen molar-refractivity contribution >= 4 is 33.1 Å². The van der Waals surface area contributed by atoms with Crippen molar-refractivity contribution in [3.05, 3.63) is 82.9 Å². The molecular formula is C21H15F3NOS+. The highest BCUT2D eigenvalue weighted by molar-refractivity contribution is 8.00. The molecule has 1 N–H and O–H groups in total. The van der Waals surface area contributed by atoms with Crippen LogP contribution in [0.25, 0.3) is 10.8 Å². The molecule has 1 aliphatic rings. The molecule has 0 amide bonds. The van der Waals surface area contributed by atoms with Crippen molar-refractivity contribution in [3.8, 4) is 0 Å². The monoisotopic (exact) mass is 386 g/mol. The van der Waals surface area contributed by atoms with Gasteiger partial charge in [-0.1, -0.05) is 36.4 Å². The van der Waals surface area contributed by atoms with Crippen molar-refractivity contribution < 1.29 is 18.0 Å². The van der Waals surface area contributed by atoms with Gasteiger partial charge < -0.3 is 5.32 Å². The van der Waals surface area contributed by atoms with Crippen LogP contribution in [0, 0.1) is 0 Å². The zero-order valence-corrected chi connectivity index (χ0v) is 15.1. The molecule has 3 aromatic carbocycles. The van der Waals surface area contributed by atoms with Crippen molar-refractivity contribution in [1.29, 1.82) is 0 Å². The van der Waals surface area contributed by atoms with Crippen LogP contribution in [0.2, 0.25) is 0 Å². The number of ketones is 1. The second-order valence-electron chi connectivity index (χ2n) is 6.24. The van der Waals surface area contributed by atoms with Crippen LogP contribution in [0.1, 0.15) is 15.9 Å². The van der Waals surface area contributed by atoms with E-state index in [0.717, 1.165) is 38.5 Å². The first-order chi connectivity index (χ1) is 12.8. The summed E-state index contributed by atoms with van der Waals surface area (Å²) in [7, 11) is -0.305. The highest BCUT2D eigenvalue weighted by atomic mass is 32.2. The molecule has 2 nitrogen and oxygen atoms in total. The van der Waals surface area contributed by atoms with E-state index in [-0.39, 0.29) is 22.2 Å². The molecule has 4 rings (SSSR count). The lowest BCUT2D eigenvalue weighted by atomic mass is 10.1. The number of fused-ring (bicyclic) bond motifs is 3. The summed E-state index contributed by atoms with van der Waals surface area (Å²) in [5.41, 5.74) is 0.459. The molecule has 1 atom stereocenters. The van der Waals surface area contributed by atoms with Crippen molar-refractivity contribution in [2.75, 3.05) is 11.6 Å². The predicted molar refractivity (Wildman–Crippen MR) is 103 cm³/mol. The summed E-state index contributed by atoms with van der Waals surface area (Å²) < 4.78 is 38.0. The number of nitrogens with one attached hydrogen (secondary N) is 1. The minimum absolute atomic E-state index is 0.232. The summed E-state index contributed by atoms with van der Waals surface area (Å²) in [5, 5.41) is 6.30. The van der Waals surface area contributed by atoms with Crippen LogP contribution in [0.5, 0.6) is 0 Å². The molecule has 1 unspecified atom stereocenters. The lowest BCUT2D eigenvalue weighted by Gasteiger charge is -2.06. The van der Waals surface area contributed by atoms with Gasteiger partial charge in [0.1, 0.15) is 11.9 Å². The Morgan fingerprint density at radius 2 is 1.70 bits per heavy atom. The third-order valence-electron chi connectivity index (χ3n) is 4.56. The van der Waals surface area contributed by atoms with Crippen molar-refractivity contribution in [3.63, 3.8) is 0 Å². The fraction of sp³-hybridized carbons (Fsp3) is 0.0952. The molecule has 1 heterocycles. The molecular weight excluding hydrogens is 371 g/mol. The Kier molecular flexibility index (Phi) is 4.23. The number of rotatable bonds is 2. The Morgan fingerprint density at radius 3 is 2.41 bits per heavy atom. The van der Waals surface area contributed by atoms with Crippen LogP contribution in [0.4, 0.5) is 18.9 Å². The minimum atomic E-state index is -4.41. The van der Waals surface area contributed by atoms with E-state index in [1.54, 1.807) is 0 Å². The molecule has 0 spiro atoms. The summed E-state index contributed by atoms with van der Waals surface area (Å²) in [6, 6.07) is 16.4. The molecule has 6 heteroatoms. The molecule has 0 saturated carbocycles. The quantitative estimate of drug-likeness (QED) is 0.352. The SMILES string of the molecule is C[S+]1C(=CC(=O)c2ccc(C(F)(F)F)cc2)Nc2c1ccc1ccccc21. The van der Waals surface area contributed by atoms with Crippen molar-refractivity contribution in [1.82, 2.24) is 0 Å². The zero-order chi connectivity index (χ0) is 19.2. The standard InChI is InChI=1S/C21H14F3NOS/c1-27-18-11-8-13-4-2-3-5-16(13)20(18)25-19(27)12-17(26)14-6-9-15(10-7-14)21(22,23)24/h2-12H,1H3/p+1. The second-order valence-corrected chi connectivity index (χ2v) is 8.14. The van der Waals surface area contributed by atoms with Crippen LogP contribution in [-0.4, -0.2) is 12.0 Å². The van der Waals surface area contributed by atoms with Crippen LogP contribution in [-0.2, 0) is 17.1 Å². The van der Waals surface area contributed by atoms with Gasteiger partial charge in [0.2, 0.25) is 5.03 Å². The topological polar surface area (TPSA) is 29.1 Å². The van der Waals surface area contributed by atoms with Gasteiger partial charge in [0, 0.05) is 10.9 Å². The number of alkyl halides is 3. The predicted octanol–water partition coefficient (Wildman–Crippen LogP) is 5.62. The molecule has 0 radical (unpaired) electrons. The second kappa shape index (κ2) is 6.46. The van der Waals surface area contributed by atoms with Gasteiger partial charge in [-0.2, -0.15) is 13.2 Å². The third-order valence-corrected chi connectivity index (χ3v) is 6.44. The minimum Gasteiger partial charge on any atom is -0.311 e. The number of hydrogen-bond acceptors (Lipinski definition) is 2. The van der Waals surface area contributed by atoms with E-state index in [9.17, 15) is 18.0 Å². The van der Waals surface area contributed by atoms with E-state index >= 15 is 0 Å². The number of hydrogen-bond donors (Lipinski definition) is 1. The summed E-state index contributed by atoms with van der Waals surface area (Å²) in [6.45, 7) is 0. The maximum atomic E-state index is 12.7. The molecule has 1 aliphatic heterocycles. The number of allylic oxidation sites excluding steroid dienone is 1.